The van der Waals surface area contributed by atoms with Crippen LogP contribution < -0.4 is 0 Å². The summed E-state index contributed by atoms with van der Waals surface area (Å²) in [6, 6.07) is 4.32. The van der Waals surface area contributed by atoms with E-state index in [1.54, 1.807) is 6.07 Å². The molecule has 0 saturated carbocycles. The molecule has 2 heteroatoms. The molecule has 0 N–H and O–H groups in total. The van der Waals surface area contributed by atoms with Crippen molar-refractivity contribution in [1.29, 1.82) is 0 Å². The Morgan fingerprint density at radius 3 is 2.53 bits per heavy atom. The fraction of sp³-hybridized carbons (Fsp3) is 0.462. The van der Waals surface area contributed by atoms with Crippen molar-refractivity contribution in [1.82, 2.24) is 0 Å². The van der Waals surface area contributed by atoms with Crippen molar-refractivity contribution in [3.63, 3.8) is 0 Å². The van der Waals surface area contributed by atoms with Crippen molar-refractivity contribution in [2.24, 2.45) is 5.41 Å². The molecule has 1 aromatic carbocycles. The van der Waals surface area contributed by atoms with E-state index < -0.39 is 0 Å². The van der Waals surface area contributed by atoms with Gasteiger partial charge in [0.05, 0.1) is 0 Å². The number of carbonyl (C=O) groups excluding carboxylic acids is 1. The zero-order valence-corrected chi connectivity index (χ0v) is 9.51. The summed E-state index contributed by atoms with van der Waals surface area (Å²) in [7, 11) is 0. The number of benzene rings is 1. The minimum Gasteiger partial charge on any atom is -0.298 e. The molecule has 0 aromatic heterocycles. The summed E-state index contributed by atoms with van der Waals surface area (Å²) in [5, 5.41) is 0. The number of aldehydes is 1. The van der Waals surface area contributed by atoms with Crippen molar-refractivity contribution in [3.05, 3.63) is 35.1 Å². The molecule has 1 rings (SSSR count). The van der Waals surface area contributed by atoms with Gasteiger partial charge >= 0.3 is 0 Å². The molecule has 0 heterocycles. The van der Waals surface area contributed by atoms with Crippen LogP contribution in [-0.4, -0.2) is 6.29 Å². The minimum atomic E-state index is -0.274. The summed E-state index contributed by atoms with van der Waals surface area (Å²) in [5.74, 6) is -0.274. The first-order valence-corrected chi connectivity index (χ1v) is 5.16. The molecule has 0 unspecified atom stereocenters. The van der Waals surface area contributed by atoms with E-state index in [0.29, 0.717) is 5.56 Å². The van der Waals surface area contributed by atoms with Gasteiger partial charge in [0.25, 0.3) is 0 Å². The highest BCUT2D eigenvalue weighted by Crippen LogP contribution is 2.22. The maximum atomic E-state index is 13.0. The second kappa shape index (κ2) is 4.56. The molecule has 0 saturated heterocycles. The minimum absolute atomic E-state index is 0.201. The van der Waals surface area contributed by atoms with Crippen LogP contribution in [0.15, 0.2) is 18.2 Å². The average Bonchev–Trinajstić information content (AvgIpc) is 2.14. The third-order valence-corrected chi connectivity index (χ3v) is 2.38. The van der Waals surface area contributed by atoms with E-state index in [2.05, 4.69) is 20.8 Å². The highest BCUT2D eigenvalue weighted by Gasteiger charge is 2.12. The van der Waals surface area contributed by atoms with Crippen LogP contribution in [-0.2, 0) is 6.42 Å². The molecule has 0 aliphatic heterocycles. The van der Waals surface area contributed by atoms with Gasteiger partial charge in [0.1, 0.15) is 12.1 Å². The number of halogens is 1. The molecule has 0 aliphatic rings. The number of hydrogen-bond acceptors (Lipinski definition) is 1. The van der Waals surface area contributed by atoms with Crippen LogP contribution in [0, 0.1) is 11.2 Å². The highest BCUT2D eigenvalue weighted by atomic mass is 19.1. The zero-order valence-electron chi connectivity index (χ0n) is 9.51. The monoisotopic (exact) mass is 208 g/mol. The van der Waals surface area contributed by atoms with Crippen LogP contribution in [0.1, 0.15) is 43.1 Å². The lowest BCUT2D eigenvalue weighted by Crippen LogP contribution is -2.07. The molecule has 0 amide bonds. The first kappa shape index (κ1) is 11.9. The number of rotatable bonds is 3. The largest absolute Gasteiger partial charge is 0.298 e. The van der Waals surface area contributed by atoms with Gasteiger partial charge < -0.3 is 0 Å². The first-order chi connectivity index (χ1) is 6.92. The van der Waals surface area contributed by atoms with E-state index in [-0.39, 0.29) is 11.2 Å². The quantitative estimate of drug-likeness (QED) is 0.693. The van der Waals surface area contributed by atoms with Crippen LogP contribution in [0.3, 0.4) is 0 Å². The second-order valence-electron chi connectivity index (χ2n) is 5.02. The van der Waals surface area contributed by atoms with Crippen LogP contribution >= 0.6 is 0 Å². The summed E-state index contributed by atoms with van der Waals surface area (Å²) in [6.07, 6.45) is 2.48. The third kappa shape index (κ3) is 3.82. The lowest BCUT2D eigenvalue weighted by atomic mass is 9.88. The van der Waals surface area contributed by atoms with Crippen LogP contribution in [0.5, 0.6) is 0 Å². The Kier molecular flexibility index (Phi) is 3.61. The van der Waals surface area contributed by atoms with Crippen LogP contribution in [0.25, 0.3) is 0 Å². The Hall–Kier alpha value is -1.18. The van der Waals surface area contributed by atoms with E-state index in [1.165, 1.54) is 12.1 Å². The molecule has 15 heavy (non-hydrogen) atoms. The maximum absolute atomic E-state index is 13.0. The summed E-state index contributed by atoms with van der Waals surface area (Å²) < 4.78 is 13.0. The summed E-state index contributed by atoms with van der Waals surface area (Å²) in [6.45, 7) is 6.40. The van der Waals surface area contributed by atoms with Gasteiger partial charge in [0.15, 0.2) is 0 Å². The molecular weight excluding hydrogens is 191 g/mol. The van der Waals surface area contributed by atoms with E-state index >= 15 is 0 Å². The fourth-order valence-corrected chi connectivity index (χ4v) is 1.42. The molecule has 82 valence electrons. The van der Waals surface area contributed by atoms with Crippen LogP contribution in [0.4, 0.5) is 4.39 Å². The molecule has 0 spiro atoms. The number of aryl methyl sites for hydroxylation is 1. The molecule has 0 bridgehead atoms. The first-order valence-electron chi connectivity index (χ1n) is 5.16. The van der Waals surface area contributed by atoms with Crippen LogP contribution in [0.2, 0.25) is 0 Å². The molecule has 1 nitrogen and oxygen atoms in total. The van der Waals surface area contributed by atoms with Gasteiger partial charge in [-0.2, -0.15) is 0 Å². The van der Waals surface area contributed by atoms with Gasteiger partial charge in [-0.25, -0.2) is 4.39 Å². The maximum Gasteiger partial charge on any atom is 0.150 e. The predicted octanol–water partition coefficient (Wildman–Crippen LogP) is 3.62. The predicted molar refractivity (Wildman–Crippen MR) is 59.6 cm³/mol. The Morgan fingerprint density at radius 1 is 1.33 bits per heavy atom. The van der Waals surface area contributed by atoms with E-state index in [1.807, 2.05) is 0 Å². The van der Waals surface area contributed by atoms with Crippen molar-refractivity contribution < 1.29 is 9.18 Å². The Bertz CT molecular complexity index is 350. The Morgan fingerprint density at radius 2 is 2.00 bits per heavy atom. The topological polar surface area (TPSA) is 17.1 Å². The van der Waals surface area contributed by atoms with Crippen molar-refractivity contribution >= 4 is 6.29 Å². The molecule has 0 atom stereocenters. The summed E-state index contributed by atoms with van der Waals surface area (Å²) in [5.41, 5.74) is 1.60. The molecular formula is C13H17FO. The summed E-state index contributed by atoms with van der Waals surface area (Å²) >= 11 is 0. The highest BCUT2D eigenvalue weighted by molar-refractivity contribution is 5.77. The van der Waals surface area contributed by atoms with Crippen molar-refractivity contribution in [2.45, 2.75) is 33.6 Å². The standard InChI is InChI=1S/C13H17FO/c1-13(2,3)7-6-10-8-12(14)5-4-11(10)9-15/h4-5,8-9H,6-7H2,1-3H3. The Labute approximate surface area is 90.3 Å². The molecule has 0 radical (unpaired) electrons. The Balaban J connectivity index is 2.83. The molecule has 0 fully saturated rings. The second-order valence-corrected chi connectivity index (χ2v) is 5.02. The number of carbonyl (C=O) groups is 1. The zero-order chi connectivity index (χ0) is 11.5. The van der Waals surface area contributed by atoms with Gasteiger partial charge in [-0.3, -0.25) is 4.79 Å². The molecule has 0 aliphatic carbocycles. The van der Waals surface area contributed by atoms with Gasteiger partial charge in [-0.1, -0.05) is 20.8 Å². The van der Waals surface area contributed by atoms with Crippen molar-refractivity contribution in [2.75, 3.05) is 0 Å². The van der Waals surface area contributed by atoms with Gasteiger partial charge in [0, 0.05) is 5.56 Å². The van der Waals surface area contributed by atoms with Gasteiger partial charge in [0.2, 0.25) is 0 Å². The average molecular weight is 208 g/mol. The number of hydrogen-bond donors (Lipinski definition) is 0. The van der Waals surface area contributed by atoms with E-state index in [9.17, 15) is 9.18 Å². The van der Waals surface area contributed by atoms with Gasteiger partial charge in [-0.15, -0.1) is 0 Å². The van der Waals surface area contributed by atoms with Gasteiger partial charge in [-0.05, 0) is 42.0 Å². The van der Waals surface area contributed by atoms with E-state index in [4.69, 9.17) is 0 Å². The lowest BCUT2D eigenvalue weighted by Gasteiger charge is -2.18. The van der Waals surface area contributed by atoms with Crippen molar-refractivity contribution in [3.8, 4) is 0 Å². The molecule has 1 aromatic rings. The fourth-order valence-electron chi connectivity index (χ4n) is 1.42. The summed E-state index contributed by atoms with van der Waals surface area (Å²) in [4.78, 5) is 10.7. The lowest BCUT2D eigenvalue weighted by molar-refractivity contribution is 0.112. The smallest absolute Gasteiger partial charge is 0.150 e. The van der Waals surface area contributed by atoms with E-state index in [0.717, 1.165) is 24.7 Å². The SMILES string of the molecule is CC(C)(C)CCc1cc(F)ccc1C=O. The third-order valence-electron chi connectivity index (χ3n) is 2.38. The normalized spacial score (nSPS) is 11.5.